The third-order valence-electron chi connectivity index (χ3n) is 1.47. The van der Waals surface area contributed by atoms with Gasteiger partial charge in [-0.3, -0.25) is 4.79 Å². The van der Waals surface area contributed by atoms with Crippen LogP contribution in [0.4, 0.5) is 4.39 Å². The molecule has 0 bridgehead atoms. The largest absolute Gasteiger partial charge is 0.508 e. The lowest BCUT2D eigenvalue weighted by atomic mass is 10.1. The summed E-state index contributed by atoms with van der Waals surface area (Å²) in [5, 5.41) is 8.97. The first-order valence-corrected chi connectivity index (χ1v) is 3.56. The van der Waals surface area contributed by atoms with Gasteiger partial charge in [0.15, 0.2) is 0 Å². The van der Waals surface area contributed by atoms with E-state index in [0.29, 0.717) is 0 Å². The molecule has 0 heterocycles. The number of phenols is 1. The lowest BCUT2D eigenvalue weighted by Crippen LogP contribution is -1.98. The van der Waals surface area contributed by atoms with E-state index in [-0.39, 0.29) is 23.5 Å². The second kappa shape index (κ2) is 3.34. The summed E-state index contributed by atoms with van der Waals surface area (Å²) in [6.07, 6.45) is 0.0280. The van der Waals surface area contributed by atoms with E-state index in [0.717, 1.165) is 6.07 Å². The Bertz CT molecular complexity index is 307. The van der Waals surface area contributed by atoms with E-state index in [2.05, 4.69) is 0 Å². The summed E-state index contributed by atoms with van der Waals surface area (Å²) in [5.41, 5.74) is 0.238. The molecule has 0 saturated carbocycles. The highest BCUT2D eigenvalue weighted by molar-refractivity contribution is 5.78. The number of carbonyl (C=O) groups is 1. The molecule has 0 aliphatic carbocycles. The topological polar surface area (TPSA) is 37.3 Å². The summed E-state index contributed by atoms with van der Waals surface area (Å²) in [7, 11) is 0. The third-order valence-corrected chi connectivity index (χ3v) is 1.47. The molecular formula is C9H9FO2. The normalized spacial score (nSPS) is 9.83. The van der Waals surface area contributed by atoms with Crippen LogP contribution in [-0.2, 0) is 11.2 Å². The fourth-order valence-corrected chi connectivity index (χ4v) is 0.965. The van der Waals surface area contributed by atoms with Crippen molar-refractivity contribution >= 4 is 5.78 Å². The number of Topliss-reactive ketones (excluding diaryl/α,β-unsaturated/α-hetero) is 1. The molecule has 64 valence electrons. The van der Waals surface area contributed by atoms with Gasteiger partial charge in [-0.2, -0.15) is 0 Å². The maximum Gasteiger partial charge on any atom is 0.134 e. The van der Waals surface area contributed by atoms with Gasteiger partial charge in [0.25, 0.3) is 0 Å². The van der Waals surface area contributed by atoms with Crippen molar-refractivity contribution in [3.63, 3.8) is 0 Å². The molecule has 1 aromatic rings. The molecule has 0 spiro atoms. The van der Waals surface area contributed by atoms with E-state index in [1.165, 1.54) is 19.1 Å². The highest BCUT2D eigenvalue weighted by Gasteiger charge is 2.04. The zero-order valence-electron chi connectivity index (χ0n) is 6.67. The first-order valence-electron chi connectivity index (χ1n) is 3.56. The highest BCUT2D eigenvalue weighted by atomic mass is 19.1. The zero-order valence-corrected chi connectivity index (χ0v) is 6.67. The molecule has 2 nitrogen and oxygen atoms in total. The molecule has 12 heavy (non-hydrogen) atoms. The molecule has 0 aliphatic heterocycles. The Kier molecular flexibility index (Phi) is 2.43. The predicted molar refractivity (Wildman–Crippen MR) is 42.4 cm³/mol. The maximum absolute atomic E-state index is 12.9. The third kappa shape index (κ3) is 2.05. The van der Waals surface area contributed by atoms with Crippen LogP contribution < -0.4 is 0 Å². The zero-order chi connectivity index (χ0) is 9.14. The number of halogens is 1. The van der Waals surface area contributed by atoms with E-state index < -0.39 is 5.82 Å². The van der Waals surface area contributed by atoms with Gasteiger partial charge in [0, 0.05) is 6.42 Å². The van der Waals surface area contributed by atoms with Crippen LogP contribution >= 0.6 is 0 Å². The quantitative estimate of drug-likeness (QED) is 0.729. The summed E-state index contributed by atoms with van der Waals surface area (Å²) in [4.78, 5) is 10.6. The number of benzene rings is 1. The number of hydrogen-bond donors (Lipinski definition) is 1. The monoisotopic (exact) mass is 168 g/mol. The SMILES string of the molecule is CC(=O)Cc1cc(O)ccc1F. The van der Waals surface area contributed by atoms with E-state index >= 15 is 0 Å². The Balaban J connectivity index is 2.97. The smallest absolute Gasteiger partial charge is 0.134 e. The Morgan fingerprint density at radius 2 is 2.25 bits per heavy atom. The van der Waals surface area contributed by atoms with Gasteiger partial charge in [0.05, 0.1) is 0 Å². The van der Waals surface area contributed by atoms with Gasteiger partial charge < -0.3 is 5.11 Å². The van der Waals surface area contributed by atoms with Crippen LogP contribution in [0.5, 0.6) is 5.75 Å². The minimum atomic E-state index is -0.456. The second-order valence-corrected chi connectivity index (χ2v) is 2.65. The first-order chi connectivity index (χ1) is 5.59. The highest BCUT2D eigenvalue weighted by Crippen LogP contribution is 2.15. The molecule has 1 N–H and O–H groups in total. The molecule has 1 aromatic carbocycles. The van der Waals surface area contributed by atoms with Gasteiger partial charge in [-0.15, -0.1) is 0 Å². The minimum absolute atomic E-state index is 0.0207. The molecule has 3 heteroatoms. The molecule has 0 fully saturated rings. The number of ketones is 1. The second-order valence-electron chi connectivity index (χ2n) is 2.65. The van der Waals surface area contributed by atoms with Crippen molar-refractivity contribution in [1.82, 2.24) is 0 Å². The lowest BCUT2D eigenvalue weighted by Gasteiger charge is -2.00. The Morgan fingerprint density at radius 3 is 2.83 bits per heavy atom. The van der Waals surface area contributed by atoms with Gasteiger partial charge in [-0.25, -0.2) is 4.39 Å². The van der Waals surface area contributed by atoms with Crippen molar-refractivity contribution in [2.24, 2.45) is 0 Å². The molecule has 0 atom stereocenters. The maximum atomic E-state index is 12.9. The van der Waals surface area contributed by atoms with Crippen molar-refractivity contribution < 1.29 is 14.3 Å². The summed E-state index contributed by atoms with van der Waals surface area (Å²) in [5.74, 6) is -0.602. The van der Waals surface area contributed by atoms with Crippen LogP contribution in [0.25, 0.3) is 0 Å². The van der Waals surface area contributed by atoms with Crippen LogP contribution in [0, 0.1) is 5.82 Å². The molecule has 0 unspecified atom stereocenters. The summed E-state index contributed by atoms with van der Waals surface area (Å²) in [6.45, 7) is 1.38. The lowest BCUT2D eigenvalue weighted by molar-refractivity contribution is -0.116. The Morgan fingerprint density at radius 1 is 1.58 bits per heavy atom. The molecule has 1 rings (SSSR count). The van der Waals surface area contributed by atoms with Gasteiger partial charge in [-0.05, 0) is 30.7 Å². The molecule has 0 aliphatic rings. The fraction of sp³-hybridized carbons (Fsp3) is 0.222. The van der Waals surface area contributed by atoms with Gasteiger partial charge in [-0.1, -0.05) is 0 Å². The van der Waals surface area contributed by atoms with Crippen LogP contribution in [0.1, 0.15) is 12.5 Å². The standard InChI is InChI=1S/C9H9FO2/c1-6(11)4-7-5-8(12)2-3-9(7)10/h2-3,5,12H,4H2,1H3. The van der Waals surface area contributed by atoms with Crippen molar-refractivity contribution in [2.75, 3.05) is 0 Å². The average molecular weight is 168 g/mol. The van der Waals surface area contributed by atoms with Crippen LogP contribution in [0.15, 0.2) is 18.2 Å². The Labute approximate surface area is 69.6 Å². The van der Waals surface area contributed by atoms with E-state index in [1.54, 1.807) is 0 Å². The van der Waals surface area contributed by atoms with Crippen LogP contribution in [0.2, 0.25) is 0 Å². The number of aromatic hydroxyl groups is 1. The minimum Gasteiger partial charge on any atom is -0.508 e. The van der Waals surface area contributed by atoms with Crippen molar-refractivity contribution in [2.45, 2.75) is 13.3 Å². The predicted octanol–water partition coefficient (Wildman–Crippen LogP) is 1.66. The molecule has 0 saturated heterocycles. The molecule has 0 amide bonds. The summed E-state index contributed by atoms with van der Waals surface area (Å²) >= 11 is 0. The Hall–Kier alpha value is -1.38. The first kappa shape index (κ1) is 8.71. The average Bonchev–Trinajstić information content (AvgIpc) is 1.96. The van der Waals surface area contributed by atoms with Gasteiger partial charge in [0.2, 0.25) is 0 Å². The van der Waals surface area contributed by atoms with E-state index in [9.17, 15) is 9.18 Å². The molecular weight excluding hydrogens is 159 g/mol. The molecule has 0 radical (unpaired) electrons. The van der Waals surface area contributed by atoms with Crippen molar-refractivity contribution in [3.8, 4) is 5.75 Å². The summed E-state index contributed by atoms with van der Waals surface area (Å²) < 4.78 is 12.9. The summed E-state index contributed by atoms with van der Waals surface area (Å²) in [6, 6.07) is 3.66. The van der Waals surface area contributed by atoms with Gasteiger partial charge in [0.1, 0.15) is 17.3 Å². The number of carbonyl (C=O) groups excluding carboxylic acids is 1. The molecule has 0 aromatic heterocycles. The van der Waals surface area contributed by atoms with Crippen LogP contribution in [0.3, 0.4) is 0 Å². The van der Waals surface area contributed by atoms with E-state index in [1.807, 2.05) is 0 Å². The fourth-order valence-electron chi connectivity index (χ4n) is 0.965. The number of phenolic OH excluding ortho intramolecular Hbond substituents is 1. The van der Waals surface area contributed by atoms with Crippen molar-refractivity contribution in [3.05, 3.63) is 29.6 Å². The van der Waals surface area contributed by atoms with E-state index in [4.69, 9.17) is 5.11 Å². The number of rotatable bonds is 2. The van der Waals surface area contributed by atoms with Gasteiger partial charge >= 0.3 is 0 Å². The number of hydrogen-bond acceptors (Lipinski definition) is 2. The van der Waals surface area contributed by atoms with Crippen molar-refractivity contribution in [1.29, 1.82) is 0 Å². The van der Waals surface area contributed by atoms with Crippen LogP contribution in [-0.4, -0.2) is 10.9 Å².